The van der Waals surface area contributed by atoms with Crippen LogP contribution < -0.4 is 10.2 Å². The fourth-order valence-corrected chi connectivity index (χ4v) is 4.18. The molecule has 2 N–H and O–H groups in total. The topological polar surface area (TPSA) is 78.4 Å². The molecule has 0 saturated carbocycles. The molecule has 4 rings (SSSR count). The summed E-state index contributed by atoms with van der Waals surface area (Å²) in [5.74, 6) is 0.0774. The summed E-state index contributed by atoms with van der Waals surface area (Å²) in [5.41, 5.74) is 1.05. The smallest absolute Gasteiger partial charge is 0.263 e. The van der Waals surface area contributed by atoms with Gasteiger partial charge in [0, 0.05) is 38.6 Å². The van der Waals surface area contributed by atoms with Gasteiger partial charge in [-0.3, -0.25) is 4.79 Å². The fraction of sp³-hybridized carbons (Fsp3) is 0.438. The Balaban J connectivity index is 1.62. The lowest BCUT2D eigenvalue weighted by Gasteiger charge is -2.17. The number of nitrogens with one attached hydrogen (secondary N) is 1. The van der Waals surface area contributed by atoms with E-state index >= 15 is 0 Å². The van der Waals surface area contributed by atoms with Gasteiger partial charge in [-0.05, 0) is 18.6 Å². The molecule has 1 saturated heterocycles. The van der Waals surface area contributed by atoms with Crippen molar-refractivity contribution < 1.29 is 14.3 Å². The molecule has 0 bridgehead atoms. The molecule has 2 aliphatic rings. The number of nitrogens with zero attached hydrogens (tertiary/aromatic N) is 3. The number of aromatic nitrogens is 2. The van der Waals surface area contributed by atoms with Crippen LogP contribution >= 0.6 is 11.3 Å². The van der Waals surface area contributed by atoms with Crippen molar-refractivity contribution in [1.29, 1.82) is 0 Å². The number of aliphatic hydroxyl groups is 1. The maximum absolute atomic E-state index is 14.5. The van der Waals surface area contributed by atoms with E-state index < -0.39 is 5.95 Å². The molecule has 2 aromatic heterocycles. The zero-order valence-corrected chi connectivity index (χ0v) is 13.8. The molecule has 126 valence electrons. The van der Waals surface area contributed by atoms with Gasteiger partial charge in [-0.2, -0.15) is 4.39 Å². The van der Waals surface area contributed by atoms with Crippen molar-refractivity contribution in [1.82, 2.24) is 15.3 Å². The molecule has 2 aromatic rings. The van der Waals surface area contributed by atoms with Gasteiger partial charge in [0.25, 0.3) is 5.91 Å². The van der Waals surface area contributed by atoms with E-state index in [0.29, 0.717) is 40.8 Å². The molecule has 0 spiro atoms. The number of thiazole rings is 1. The summed E-state index contributed by atoms with van der Waals surface area (Å²) in [6.45, 7) is 2.16. The van der Waals surface area contributed by atoms with Crippen molar-refractivity contribution >= 4 is 23.1 Å². The lowest BCUT2D eigenvalue weighted by molar-refractivity contribution is 0.0950. The van der Waals surface area contributed by atoms with E-state index in [-0.39, 0.29) is 18.4 Å². The van der Waals surface area contributed by atoms with E-state index in [1.165, 1.54) is 11.3 Å². The van der Waals surface area contributed by atoms with Crippen molar-refractivity contribution in [3.8, 4) is 10.6 Å². The summed E-state index contributed by atoms with van der Waals surface area (Å²) in [7, 11) is 0. The maximum Gasteiger partial charge on any atom is 0.263 e. The molecule has 24 heavy (non-hydrogen) atoms. The van der Waals surface area contributed by atoms with Gasteiger partial charge >= 0.3 is 0 Å². The van der Waals surface area contributed by atoms with E-state index in [1.54, 1.807) is 12.1 Å². The molecule has 1 fully saturated rings. The highest BCUT2D eigenvalue weighted by molar-refractivity contribution is 7.17. The predicted octanol–water partition coefficient (Wildman–Crippen LogP) is 1.45. The van der Waals surface area contributed by atoms with Crippen LogP contribution in [0, 0.1) is 11.9 Å². The van der Waals surface area contributed by atoms with Crippen LogP contribution in [0.4, 0.5) is 10.2 Å². The third-order valence-corrected chi connectivity index (χ3v) is 5.61. The van der Waals surface area contributed by atoms with Gasteiger partial charge in [-0.25, -0.2) is 9.97 Å². The molecular weight excluding hydrogens is 331 g/mol. The van der Waals surface area contributed by atoms with Gasteiger partial charge in [0.05, 0.1) is 11.3 Å². The Morgan fingerprint density at radius 1 is 1.42 bits per heavy atom. The molecule has 0 unspecified atom stereocenters. The molecule has 0 aliphatic carbocycles. The van der Waals surface area contributed by atoms with Gasteiger partial charge in [-0.1, -0.05) is 0 Å². The van der Waals surface area contributed by atoms with E-state index in [4.69, 9.17) is 0 Å². The molecule has 4 heterocycles. The van der Waals surface area contributed by atoms with Crippen LogP contribution in [-0.4, -0.2) is 47.2 Å². The first-order chi connectivity index (χ1) is 11.7. The zero-order chi connectivity index (χ0) is 16.7. The molecular formula is C16H17FN4O2S. The van der Waals surface area contributed by atoms with Crippen molar-refractivity contribution in [3.05, 3.63) is 28.7 Å². The van der Waals surface area contributed by atoms with Crippen LogP contribution in [0.15, 0.2) is 12.1 Å². The Morgan fingerprint density at radius 2 is 2.29 bits per heavy atom. The van der Waals surface area contributed by atoms with Gasteiger partial charge in [0.2, 0.25) is 5.95 Å². The second-order valence-electron chi connectivity index (χ2n) is 6.09. The predicted molar refractivity (Wildman–Crippen MR) is 88.7 cm³/mol. The summed E-state index contributed by atoms with van der Waals surface area (Å²) in [5, 5.41) is 12.5. The number of anilines is 1. The van der Waals surface area contributed by atoms with Crippen LogP contribution in [0.5, 0.6) is 0 Å². The van der Waals surface area contributed by atoms with Gasteiger partial charge in [-0.15, -0.1) is 11.3 Å². The largest absolute Gasteiger partial charge is 0.396 e. The summed E-state index contributed by atoms with van der Waals surface area (Å²) in [6.07, 6.45) is 1.55. The molecule has 8 heteroatoms. The molecule has 0 aromatic carbocycles. The minimum Gasteiger partial charge on any atom is -0.396 e. The van der Waals surface area contributed by atoms with E-state index in [9.17, 15) is 14.3 Å². The Kier molecular flexibility index (Phi) is 3.93. The van der Waals surface area contributed by atoms with Crippen molar-refractivity contribution in [2.24, 2.45) is 5.92 Å². The SMILES string of the molecule is O=C1NCCc2nc(-c3ccc(N4CC[C@@H](CO)C4)nc3F)sc21. The van der Waals surface area contributed by atoms with Gasteiger partial charge < -0.3 is 15.3 Å². The first kappa shape index (κ1) is 15.5. The summed E-state index contributed by atoms with van der Waals surface area (Å²) >= 11 is 1.20. The first-order valence-electron chi connectivity index (χ1n) is 7.96. The van der Waals surface area contributed by atoms with Crippen molar-refractivity contribution in [3.63, 3.8) is 0 Å². The fourth-order valence-electron chi connectivity index (χ4n) is 3.14. The molecule has 0 radical (unpaired) electrons. The molecule has 1 atom stereocenters. The summed E-state index contributed by atoms with van der Waals surface area (Å²) in [4.78, 5) is 22.9. The Morgan fingerprint density at radius 3 is 3.00 bits per heavy atom. The number of carbonyl (C=O) groups excluding carboxylic acids is 1. The standard InChI is InChI=1S/C16H17FN4O2S/c17-14-10(16-19-11-3-5-18-15(23)13(11)24-16)1-2-12(20-14)21-6-4-9(7-21)8-22/h1-2,9,22H,3-8H2,(H,18,23)/t9-/m1/s1. The second kappa shape index (κ2) is 6.10. The summed E-state index contributed by atoms with van der Waals surface area (Å²) < 4.78 is 14.5. The highest BCUT2D eigenvalue weighted by Crippen LogP contribution is 2.32. The van der Waals surface area contributed by atoms with Crippen molar-refractivity contribution in [2.75, 3.05) is 31.1 Å². The third kappa shape index (κ3) is 2.65. The number of hydrogen-bond donors (Lipinski definition) is 2. The first-order valence-corrected chi connectivity index (χ1v) is 8.78. The zero-order valence-electron chi connectivity index (χ0n) is 13.0. The summed E-state index contributed by atoms with van der Waals surface area (Å²) in [6, 6.07) is 3.45. The average molecular weight is 348 g/mol. The number of amides is 1. The van der Waals surface area contributed by atoms with E-state index in [1.807, 2.05) is 4.90 Å². The normalized spacial score (nSPS) is 20.2. The third-order valence-electron chi connectivity index (χ3n) is 4.48. The number of carbonyl (C=O) groups is 1. The maximum atomic E-state index is 14.5. The Bertz CT molecular complexity index is 794. The van der Waals surface area contributed by atoms with E-state index in [0.717, 1.165) is 18.7 Å². The van der Waals surface area contributed by atoms with Crippen LogP contribution in [0.3, 0.4) is 0 Å². The number of hydrogen-bond acceptors (Lipinski definition) is 6. The van der Waals surface area contributed by atoms with Crippen LogP contribution in [0.25, 0.3) is 10.6 Å². The second-order valence-corrected chi connectivity index (χ2v) is 7.09. The Labute approximate surface area is 142 Å². The molecule has 1 amide bonds. The van der Waals surface area contributed by atoms with Gasteiger partial charge in [0.1, 0.15) is 15.7 Å². The lowest BCUT2D eigenvalue weighted by atomic mass is 10.1. The monoisotopic (exact) mass is 348 g/mol. The highest BCUT2D eigenvalue weighted by atomic mass is 32.1. The number of rotatable bonds is 3. The quantitative estimate of drug-likeness (QED) is 0.821. The number of halogens is 1. The van der Waals surface area contributed by atoms with Gasteiger partial charge in [0.15, 0.2) is 0 Å². The number of fused-ring (bicyclic) bond motifs is 1. The minimum atomic E-state index is -0.577. The number of aliphatic hydroxyl groups excluding tert-OH is 1. The Hall–Kier alpha value is -2.06. The van der Waals surface area contributed by atoms with E-state index in [2.05, 4.69) is 15.3 Å². The highest BCUT2D eigenvalue weighted by Gasteiger charge is 2.26. The van der Waals surface area contributed by atoms with Crippen molar-refractivity contribution in [2.45, 2.75) is 12.8 Å². The molecule has 2 aliphatic heterocycles. The van der Waals surface area contributed by atoms with Crippen LogP contribution in [-0.2, 0) is 6.42 Å². The number of pyridine rings is 1. The van der Waals surface area contributed by atoms with Crippen LogP contribution in [0.1, 0.15) is 21.8 Å². The minimum absolute atomic E-state index is 0.142. The lowest BCUT2D eigenvalue weighted by Crippen LogP contribution is -2.30. The molecule has 6 nitrogen and oxygen atoms in total. The van der Waals surface area contributed by atoms with Crippen LogP contribution in [0.2, 0.25) is 0 Å². The average Bonchev–Trinajstić information content (AvgIpc) is 3.22.